The van der Waals surface area contributed by atoms with Crippen molar-refractivity contribution in [3.05, 3.63) is 73.3 Å². The van der Waals surface area contributed by atoms with E-state index in [0.29, 0.717) is 5.56 Å². The highest BCUT2D eigenvalue weighted by molar-refractivity contribution is 5.88. The van der Waals surface area contributed by atoms with E-state index >= 15 is 0 Å². The minimum Gasteiger partial charge on any atom is -0.367 e. The van der Waals surface area contributed by atoms with Crippen molar-refractivity contribution in [2.75, 3.05) is 18.0 Å². The third-order valence-corrected chi connectivity index (χ3v) is 5.73. The van der Waals surface area contributed by atoms with E-state index in [1.165, 1.54) is 6.08 Å². The second kappa shape index (κ2) is 7.71. The van der Waals surface area contributed by atoms with Crippen molar-refractivity contribution in [2.45, 2.75) is 6.04 Å². The molecule has 8 nitrogen and oxygen atoms in total. The number of carbonyl (C=O) groups excluding carboxylic acids is 1. The first-order valence-corrected chi connectivity index (χ1v) is 10.2. The lowest BCUT2D eigenvalue weighted by molar-refractivity contribution is -0.117. The van der Waals surface area contributed by atoms with Gasteiger partial charge < -0.3 is 10.2 Å². The van der Waals surface area contributed by atoms with Crippen molar-refractivity contribution >= 4 is 17.1 Å². The summed E-state index contributed by atoms with van der Waals surface area (Å²) in [6.07, 6.45) is 8.58. The standard InChI is InChI=1S/C24H21N7O/c1-3-23(32)28-20-14-30(15-20)21-6-4-16(5-7-21)22-8-17(19-11-26-29(2)12-19)13-31-24(22)18(9-25)10-27-31/h3-8,10-13,20H,1,14-15H2,2H3,(H,28,32). The van der Waals surface area contributed by atoms with Gasteiger partial charge in [0.2, 0.25) is 5.91 Å². The van der Waals surface area contributed by atoms with Crippen molar-refractivity contribution < 1.29 is 4.79 Å². The van der Waals surface area contributed by atoms with Gasteiger partial charge in [0.1, 0.15) is 6.07 Å². The number of rotatable bonds is 5. The summed E-state index contributed by atoms with van der Waals surface area (Å²) < 4.78 is 3.52. The van der Waals surface area contributed by atoms with Crippen LogP contribution >= 0.6 is 0 Å². The van der Waals surface area contributed by atoms with Crippen LogP contribution in [-0.4, -0.2) is 44.4 Å². The molecule has 32 heavy (non-hydrogen) atoms. The van der Waals surface area contributed by atoms with Gasteiger partial charge in [-0.1, -0.05) is 18.7 Å². The van der Waals surface area contributed by atoms with Crippen molar-refractivity contribution in [1.29, 1.82) is 5.26 Å². The molecule has 0 unspecified atom stereocenters. The lowest BCUT2D eigenvalue weighted by Crippen LogP contribution is -2.59. The minimum absolute atomic E-state index is 0.140. The van der Waals surface area contributed by atoms with Crippen LogP contribution in [0.5, 0.6) is 0 Å². The lowest BCUT2D eigenvalue weighted by Gasteiger charge is -2.41. The molecular weight excluding hydrogens is 402 g/mol. The SMILES string of the molecule is C=CC(=O)NC1CN(c2ccc(-c3cc(-c4cnn(C)c4)cn4ncc(C#N)c34)cc2)C1. The number of nitriles is 1. The Balaban J connectivity index is 1.47. The smallest absolute Gasteiger partial charge is 0.243 e. The molecule has 0 atom stereocenters. The Hall–Kier alpha value is -4.38. The first-order valence-electron chi connectivity index (χ1n) is 10.2. The molecule has 0 aliphatic carbocycles. The first kappa shape index (κ1) is 19.6. The highest BCUT2D eigenvalue weighted by atomic mass is 16.1. The Morgan fingerprint density at radius 3 is 2.59 bits per heavy atom. The van der Waals surface area contributed by atoms with Gasteiger partial charge in [0.25, 0.3) is 0 Å². The number of hydrogen-bond acceptors (Lipinski definition) is 5. The number of benzene rings is 1. The Morgan fingerprint density at radius 1 is 1.16 bits per heavy atom. The summed E-state index contributed by atoms with van der Waals surface area (Å²) >= 11 is 0. The number of amides is 1. The zero-order valence-corrected chi connectivity index (χ0v) is 17.6. The fourth-order valence-corrected chi connectivity index (χ4v) is 4.04. The predicted octanol–water partition coefficient (Wildman–Crippen LogP) is 2.76. The van der Waals surface area contributed by atoms with E-state index in [4.69, 9.17) is 0 Å². The van der Waals surface area contributed by atoms with Gasteiger partial charge in [0.15, 0.2) is 0 Å². The van der Waals surface area contributed by atoms with E-state index < -0.39 is 0 Å². The Kier molecular flexibility index (Phi) is 4.71. The van der Waals surface area contributed by atoms with Crippen LogP contribution in [0.2, 0.25) is 0 Å². The number of hydrogen-bond donors (Lipinski definition) is 1. The maximum absolute atomic E-state index is 11.4. The van der Waals surface area contributed by atoms with Crippen LogP contribution in [0.1, 0.15) is 5.56 Å². The number of carbonyl (C=O) groups is 1. The average Bonchev–Trinajstić information content (AvgIpc) is 3.41. The predicted molar refractivity (Wildman–Crippen MR) is 122 cm³/mol. The molecule has 4 aromatic rings. The topological polar surface area (TPSA) is 91.2 Å². The van der Waals surface area contributed by atoms with Gasteiger partial charge in [-0.2, -0.15) is 15.5 Å². The second-order valence-electron chi connectivity index (χ2n) is 7.87. The normalized spacial score (nSPS) is 13.6. The van der Waals surface area contributed by atoms with E-state index in [1.807, 2.05) is 25.6 Å². The van der Waals surface area contributed by atoms with E-state index in [-0.39, 0.29) is 11.9 Å². The third-order valence-electron chi connectivity index (χ3n) is 5.73. The van der Waals surface area contributed by atoms with Crippen molar-refractivity contribution in [1.82, 2.24) is 24.7 Å². The maximum Gasteiger partial charge on any atom is 0.243 e. The van der Waals surface area contributed by atoms with E-state index in [0.717, 1.165) is 46.5 Å². The number of nitrogens with one attached hydrogen (secondary N) is 1. The monoisotopic (exact) mass is 423 g/mol. The largest absolute Gasteiger partial charge is 0.367 e. The molecule has 4 heterocycles. The summed E-state index contributed by atoms with van der Waals surface area (Å²) in [4.78, 5) is 13.7. The number of aromatic nitrogens is 4. The molecule has 0 spiro atoms. The maximum atomic E-state index is 11.4. The van der Waals surface area contributed by atoms with Crippen LogP contribution < -0.4 is 10.2 Å². The quantitative estimate of drug-likeness (QED) is 0.499. The molecule has 0 radical (unpaired) electrons. The summed E-state index contributed by atoms with van der Waals surface area (Å²) in [5.41, 5.74) is 6.29. The molecule has 1 saturated heterocycles. The molecular formula is C24H21N7O. The Labute approximate surface area is 185 Å². The number of nitrogens with zero attached hydrogens (tertiary/aromatic N) is 6. The summed E-state index contributed by atoms with van der Waals surface area (Å²) in [5.74, 6) is -0.142. The van der Waals surface area contributed by atoms with Gasteiger partial charge in [0.05, 0.1) is 29.5 Å². The van der Waals surface area contributed by atoms with Gasteiger partial charge in [-0.15, -0.1) is 0 Å². The molecule has 1 fully saturated rings. The summed E-state index contributed by atoms with van der Waals surface area (Å²) in [6.45, 7) is 5.02. The fourth-order valence-electron chi connectivity index (χ4n) is 4.04. The van der Waals surface area contributed by atoms with Crippen LogP contribution in [0.3, 0.4) is 0 Å². The van der Waals surface area contributed by atoms with Crippen molar-refractivity contribution in [3.8, 4) is 28.3 Å². The van der Waals surface area contributed by atoms with E-state index in [1.54, 1.807) is 15.4 Å². The Bertz CT molecular complexity index is 1370. The number of fused-ring (bicyclic) bond motifs is 1. The van der Waals surface area contributed by atoms with Crippen LogP contribution in [-0.2, 0) is 11.8 Å². The molecule has 8 heteroatoms. The van der Waals surface area contributed by atoms with E-state index in [2.05, 4.69) is 63.4 Å². The van der Waals surface area contributed by atoms with Crippen LogP contribution in [0, 0.1) is 11.3 Å². The molecule has 5 rings (SSSR count). The van der Waals surface area contributed by atoms with Gasteiger partial charge >= 0.3 is 0 Å². The molecule has 1 aliphatic rings. The number of pyridine rings is 1. The zero-order chi connectivity index (χ0) is 22.2. The van der Waals surface area contributed by atoms with Crippen LogP contribution in [0.25, 0.3) is 27.8 Å². The second-order valence-corrected chi connectivity index (χ2v) is 7.87. The van der Waals surface area contributed by atoms with Crippen molar-refractivity contribution in [3.63, 3.8) is 0 Å². The van der Waals surface area contributed by atoms with Crippen LogP contribution in [0.4, 0.5) is 5.69 Å². The first-order chi connectivity index (χ1) is 15.6. The number of anilines is 1. The molecule has 1 amide bonds. The average molecular weight is 423 g/mol. The number of aryl methyl sites for hydroxylation is 1. The fraction of sp³-hybridized carbons (Fsp3) is 0.167. The molecule has 3 aromatic heterocycles. The molecule has 1 aromatic carbocycles. The highest BCUT2D eigenvalue weighted by Crippen LogP contribution is 2.33. The zero-order valence-electron chi connectivity index (χ0n) is 17.6. The molecule has 0 saturated carbocycles. The molecule has 0 bridgehead atoms. The summed E-state index contributed by atoms with van der Waals surface area (Å²) in [7, 11) is 1.88. The lowest BCUT2D eigenvalue weighted by atomic mass is 9.99. The summed E-state index contributed by atoms with van der Waals surface area (Å²) in [5, 5.41) is 21.2. The third kappa shape index (κ3) is 3.40. The van der Waals surface area contributed by atoms with Gasteiger partial charge in [-0.25, -0.2) is 4.52 Å². The Morgan fingerprint density at radius 2 is 1.94 bits per heavy atom. The molecule has 158 valence electrons. The highest BCUT2D eigenvalue weighted by Gasteiger charge is 2.27. The van der Waals surface area contributed by atoms with Gasteiger partial charge in [-0.3, -0.25) is 9.48 Å². The van der Waals surface area contributed by atoms with Gasteiger partial charge in [0, 0.05) is 54.9 Å². The van der Waals surface area contributed by atoms with Crippen molar-refractivity contribution in [2.24, 2.45) is 7.05 Å². The van der Waals surface area contributed by atoms with Crippen LogP contribution in [0.15, 0.2) is 67.8 Å². The molecule has 1 aliphatic heterocycles. The minimum atomic E-state index is -0.142. The van der Waals surface area contributed by atoms with E-state index in [9.17, 15) is 10.1 Å². The van der Waals surface area contributed by atoms with Gasteiger partial charge in [-0.05, 0) is 29.8 Å². The molecule has 1 N–H and O–H groups in total. The summed E-state index contributed by atoms with van der Waals surface area (Å²) in [6, 6.07) is 12.7.